The van der Waals surface area contributed by atoms with Crippen LogP contribution in [0.3, 0.4) is 0 Å². The molecule has 1 aromatic carbocycles. The van der Waals surface area contributed by atoms with Crippen molar-refractivity contribution in [1.29, 1.82) is 0 Å². The number of benzene rings is 1. The van der Waals surface area contributed by atoms with E-state index in [-0.39, 0.29) is 0 Å². The molecule has 0 bridgehead atoms. The van der Waals surface area contributed by atoms with Crippen LogP contribution in [0.15, 0.2) is 29.0 Å². The summed E-state index contributed by atoms with van der Waals surface area (Å²) in [6.45, 7) is 4.14. The number of hydrogen-bond acceptors (Lipinski definition) is 4. The highest BCUT2D eigenvalue weighted by Gasteiger charge is 2.14. The maximum atomic E-state index is 5.00. The Kier molecular flexibility index (Phi) is 2.07. The van der Waals surface area contributed by atoms with E-state index in [1.807, 2.05) is 6.07 Å². The van der Waals surface area contributed by atoms with Crippen molar-refractivity contribution < 1.29 is 4.52 Å². The molecule has 0 atom stereocenters. The predicted molar refractivity (Wildman–Crippen MR) is 59.1 cm³/mol. The first-order valence-corrected chi connectivity index (χ1v) is 5.24. The van der Waals surface area contributed by atoms with Crippen molar-refractivity contribution >= 4 is 16.6 Å². The molecule has 0 spiro atoms. The molecule has 0 amide bonds. The highest BCUT2D eigenvalue weighted by atomic mass is 16.5. The Labute approximate surface area is 87.8 Å². The predicted octanol–water partition coefficient (Wildman–Crippen LogP) is 1.24. The van der Waals surface area contributed by atoms with Crippen molar-refractivity contribution in [3.05, 3.63) is 24.5 Å². The Morgan fingerprint density at radius 3 is 3.00 bits per heavy atom. The Bertz CT molecular complexity index is 460. The number of piperazine rings is 1. The standard InChI is InChI=1S/C11H13N3O/c1-2-9-8-15-13-11(9)10(3-1)14-6-4-12-5-7-14/h1-3,8,12H,4-7H2. The molecule has 3 rings (SSSR count). The molecular weight excluding hydrogens is 190 g/mol. The smallest absolute Gasteiger partial charge is 0.137 e. The molecule has 15 heavy (non-hydrogen) atoms. The highest BCUT2D eigenvalue weighted by Crippen LogP contribution is 2.25. The summed E-state index contributed by atoms with van der Waals surface area (Å²) in [5.41, 5.74) is 2.15. The fraction of sp³-hybridized carbons (Fsp3) is 0.364. The van der Waals surface area contributed by atoms with E-state index in [4.69, 9.17) is 4.52 Å². The fourth-order valence-electron chi connectivity index (χ4n) is 2.04. The van der Waals surface area contributed by atoms with Gasteiger partial charge in [0.05, 0.1) is 5.69 Å². The van der Waals surface area contributed by atoms with E-state index in [1.165, 1.54) is 5.69 Å². The first kappa shape index (κ1) is 8.73. The Hall–Kier alpha value is -1.55. The maximum absolute atomic E-state index is 5.00. The molecule has 2 aromatic rings. The summed E-state index contributed by atoms with van der Waals surface area (Å²) in [6.07, 6.45) is 1.70. The summed E-state index contributed by atoms with van der Waals surface area (Å²) >= 11 is 0. The zero-order valence-electron chi connectivity index (χ0n) is 8.44. The molecule has 1 aromatic heterocycles. The highest BCUT2D eigenvalue weighted by molar-refractivity contribution is 5.90. The largest absolute Gasteiger partial charge is 0.367 e. The van der Waals surface area contributed by atoms with Crippen molar-refractivity contribution in [2.24, 2.45) is 0 Å². The average Bonchev–Trinajstić information content (AvgIpc) is 2.78. The number of aromatic nitrogens is 1. The van der Waals surface area contributed by atoms with E-state index in [0.717, 1.165) is 37.1 Å². The summed E-state index contributed by atoms with van der Waals surface area (Å²) in [4.78, 5) is 2.35. The van der Waals surface area contributed by atoms with E-state index in [1.54, 1.807) is 6.26 Å². The van der Waals surface area contributed by atoms with Gasteiger partial charge in [-0.15, -0.1) is 0 Å². The van der Waals surface area contributed by atoms with E-state index in [2.05, 4.69) is 27.5 Å². The number of nitrogens with one attached hydrogen (secondary N) is 1. The first-order valence-electron chi connectivity index (χ1n) is 5.24. The van der Waals surface area contributed by atoms with Crippen LogP contribution < -0.4 is 10.2 Å². The number of hydrogen-bond donors (Lipinski definition) is 1. The third kappa shape index (κ3) is 1.47. The van der Waals surface area contributed by atoms with Gasteiger partial charge in [-0.2, -0.15) is 0 Å². The molecule has 0 unspecified atom stereocenters. The zero-order valence-corrected chi connectivity index (χ0v) is 8.44. The summed E-state index contributed by atoms with van der Waals surface area (Å²) in [7, 11) is 0. The third-order valence-corrected chi connectivity index (χ3v) is 2.83. The molecule has 4 heteroatoms. The zero-order chi connectivity index (χ0) is 10.1. The molecule has 0 aliphatic carbocycles. The fourth-order valence-corrected chi connectivity index (χ4v) is 2.04. The molecule has 4 nitrogen and oxygen atoms in total. The van der Waals surface area contributed by atoms with Crippen LogP contribution in [0, 0.1) is 0 Å². The van der Waals surface area contributed by atoms with Crippen molar-refractivity contribution in [2.75, 3.05) is 31.1 Å². The minimum Gasteiger partial charge on any atom is -0.367 e. The minimum atomic E-state index is 0.972. The first-order chi connectivity index (χ1) is 7.45. The molecule has 0 saturated carbocycles. The topological polar surface area (TPSA) is 41.3 Å². The molecule has 1 fully saturated rings. The normalized spacial score (nSPS) is 17.2. The van der Waals surface area contributed by atoms with Gasteiger partial charge in [0.2, 0.25) is 0 Å². The van der Waals surface area contributed by atoms with Crippen LogP contribution in [-0.2, 0) is 0 Å². The third-order valence-electron chi connectivity index (χ3n) is 2.83. The van der Waals surface area contributed by atoms with Gasteiger partial charge >= 0.3 is 0 Å². The van der Waals surface area contributed by atoms with Crippen molar-refractivity contribution in [3.63, 3.8) is 0 Å². The second kappa shape index (κ2) is 3.55. The van der Waals surface area contributed by atoms with Gasteiger partial charge in [0, 0.05) is 31.6 Å². The molecule has 1 saturated heterocycles. The number of fused-ring (bicyclic) bond motifs is 1. The van der Waals surface area contributed by atoms with Gasteiger partial charge in [0.1, 0.15) is 11.8 Å². The summed E-state index contributed by atoms with van der Waals surface area (Å²) in [5, 5.41) is 8.47. The lowest BCUT2D eigenvalue weighted by Gasteiger charge is -2.29. The Morgan fingerprint density at radius 1 is 1.27 bits per heavy atom. The van der Waals surface area contributed by atoms with E-state index in [0.29, 0.717) is 0 Å². The molecular formula is C11H13N3O. The van der Waals surface area contributed by atoms with Gasteiger partial charge in [0.15, 0.2) is 0 Å². The number of nitrogens with zero attached hydrogens (tertiary/aromatic N) is 2. The number of rotatable bonds is 1. The number of anilines is 1. The molecule has 1 aliphatic rings. The van der Waals surface area contributed by atoms with E-state index < -0.39 is 0 Å². The van der Waals surface area contributed by atoms with Gasteiger partial charge < -0.3 is 14.7 Å². The molecule has 78 valence electrons. The van der Waals surface area contributed by atoms with E-state index >= 15 is 0 Å². The van der Waals surface area contributed by atoms with Crippen LogP contribution in [0.1, 0.15) is 0 Å². The maximum Gasteiger partial charge on any atom is 0.137 e. The quantitative estimate of drug-likeness (QED) is 0.757. The van der Waals surface area contributed by atoms with Gasteiger partial charge in [-0.1, -0.05) is 11.2 Å². The lowest BCUT2D eigenvalue weighted by Crippen LogP contribution is -2.43. The molecule has 2 heterocycles. The monoisotopic (exact) mass is 203 g/mol. The van der Waals surface area contributed by atoms with Crippen LogP contribution >= 0.6 is 0 Å². The summed E-state index contributed by atoms with van der Waals surface area (Å²) < 4.78 is 5.00. The lowest BCUT2D eigenvalue weighted by atomic mass is 10.2. The summed E-state index contributed by atoms with van der Waals surface area (Å²) in [5.74, 6) is 0. The van der Waals surface area contributed by atoms with Gasteiger partial charge in [0.25, 0.3) is 0 Å². The Balaban J connectivity index is 2.05. The van der Waals surface area contributed by atoms with Crippen molar-refractivity contribution in [2.45, 2.75) is 0 Å². The van der Waals surface area contributed by atoms with Crippen LogP contribution in [0.5, 0.6) is 0 Å². The summed E-state index contributed by atoms with van der Waals surface area (Å²) in [6, 6.07) is 6.19. The van der Waals surface area contributed by atoms with Crippen LogP contribution in [0.4, 0.5) is 5.69 Å². The van der Waals surface area contributed by atoms with Gasteiger partial charge in [-0.3, -0.25) is 0 Å². The molecule has 1 N–H and O–H groups in total. The Morgan fingerprint density at radius 2 is 2.13 bits per heavy atom. The van der Waals surface area contributed by atoms with Crippen LogP contribution in [0.2, 0.25) is 0 Å². The second-order valence-corrected chi connectivity index (χ2v) is 3.77. The second-order valence-electron chi connectivity index (χ2n) is 3.77. The molecule has 1 aliphatic heterocycles. The van der Waals surface area contributed by atoms with Gasteiger partial charge in [-0.05, 0) is 12.1 Å². The lowest BCUT2D eigenvalue weighted by molar-refractivity contribution is 0.428. The van der Waals surface area contributed by atoms with Gasteiger partial charge in [-0.25, -0.2) is 0 Å². The SMILES string of the molecule is c1cc(N2CCNCC2)c2nocc2c1. The van der Waals surface area contributed by atoms with Crippen LogP contribution in [0.25, 0.3) is 10.9 Å². The van der Waals surface area contributed by atoms with Crippen molar-refractivity contribution in [1.82, 2.24) is 10.5 Å². The van der Waals surface area contributed by atoms with E-state index in [9.17, 15) is 0 Å². The van der Waals surface area contributed by atoms with Crippen LogP contribution in [-0.4, -0.2) is 31.3 Å². The van der Waals surface area contributed by atoms with Crippen molar-refractivity contribution in [3.8, 4) is 0 Å². The molecule has 0 radical (unpaired) electrons. The average molecular weight is 203 g/mol. The minimum absolute atomic E-state index is 0.972.